The average molecular weight is 1000 g/mol. The van der Waals surface area contributed by atoms with Gasteiger partial charge >= 0.3 is 0 Å². The van der Waals surface area contributed by atoms with Crippen molar-refractivity contribution in [1.29, 1.82) is 0 Å². The topological polar surface area (TPSA) is 439 Å². The normalized spacial score (nSPS) is 11.7. The Morgan fingerprint density at radius 2 is 0.861 bits per heavy atom. The summed E-state index contributed by atoms with van der Waals surface area (Å²) < 4.78 is 16.1. The molecule has 3 aromatic rings. The molecule has 0 aliphatic heterocycles. The number of amides is 7. The van der Waals surface area contributed by atoms with Crippen LogP contribution in [-0.4, -0.2) is 118 Å². The Balaban J connectivity index is 1.86. The number of hydrogen-bond donors (Lipinski definition) is 13. The van der Waals surface area contributed by atoms with Crippen molar-refractivity contribution in [3.8, 4) is 17.2 Å². The first-order valence-electron chi connectivity index (χ1n) is 22.6. The summed E-state index contributed by atoms with van der Waals surface area (Å²) in [6.07, 6.45) is 2.41. The fraction of sp³-hybridized carbons (Fsp3) is 0.391. The van der Waals surface area contributed by atoms with Crippen LogP contribution in [0.15, 0.2) is 69.6 Å². The van der Waals surface area contributed by atoms with Crippen molar-refractivity contribution in [2.75, 3.05) is 56.9 Å². The number of benzene rings is 3. The van der Waals surface area contributed by atoms with Gasteiger partial charge in [-0.1, -0.05) is 0 Å². The average Bonchev–Trinajstić information content (AvgIpc) is 3.33. The number of nitrogens with zero attached hydrogens (tertiary/aromatic N) is 3. The highest BCUT2D eigenvalue weighted by Crippen LogP contribution is 2.26. The third-order valence-corrected chi connectivity index (χ3v) is 10.4. The summed E-state index contributed by atoms with van der Waals surface area (Å²) in [7, 11) is 4.02. The van der Waals surface area contributed by atoms with E-state index in [-0.39, 0.29) is 114 Å². The van der Waals surface area contributed by atoms with Gasteiger partial charge in [0.25, 0.3) is 17.7 Å². The van der Waals surface area contributed by atoms with Crippen LogP contribution in [0.25, 0.3) is 0 Å². The number of methoxy groups -OCH3 is 3. The molecule has 3 rings (SSSR count). The van der Waals surface area contributed by atoms with Crippen LogP contribution in [-0.2, 0) is 19.2 Å². The van der Waals surface area contributed by atoms with Gasteiger partial charge < -0.3 is 86.2 Å². The monoisotopic (exact) mass is 1000 g/mol. The number of nitrogens with two attached hydrogens (primary N) is 7. The summed E-state index contributed by atoms with van der Waals surface area (Å²) >= 11 is 0. The second-order valence-corrected chi connectivity index (χ2v) is 15.9. The number of aliphatic imine (C=N–C) groups is 3. The third-order valence-electron chi connectivity index (χ3n) is 10.4. The predicted octanol–water partition coefficient (Wildman–Crippen LogP) is -0.330. The highest BCUT2D eigenvalue weighted by molar-refractivity contribution is 6.06. The largest absolute Gasteiger partial charge is 0.496 e. The Morgan fingerprint density at radius 1 is 0.486 bits per heavy atom. The van der Waals surface area contributed by atoms with Crippen molar-refractivity contribution in [2.45, 2.75) is 76.4 Å². The first kappa shape index (κ1) is 57.5. The van der Waals surface area contributed by atoms with E-state index in [0.717, 1.165) is 0 Å². The Bertz CT molecular complexity index is 2490. The minimum atomic E-state index is -1.19. The van der Waals surface area contributed by atoms with Crippen molar-refractivity contribution in [1.82, 2.24) is 16.0 Å². The molecule has 0 bridgehead atoms. The summed E-state index contributed by atoms with van der Waals surface area (Å²) in [4.78, 5) is 105. The minimum absolute atomic E-state index is 0.00912. The van der Waals surface area contributed by atoms with Gasteiger partial charge in [-0.15, -0.1) is 0 Å². The highest BCUT2D eigenvalue weighted by atomic mass is 16.5. The van der Waals surface area contributed by atoms with E-state index < -0.39 is 53.6 Å². The number of rotatable bonds is 29. The summed E-state index contributed by atoms with van der Waals surface area (Å²) in [5.41, 5.74) is 38.5. The minimum Gasteiger partial charge on any atom is -0.496 e. The number of hydrogen-bond acceptors (Lipinski definition) is 13. The lowest BCUT2D eigenvalue weighted by atomic mass is 10.1. The number of nitrogens with one attached hydrogen (secondary N) is 6. The van der Waals surface area contributed by atoms with Gasteiger partial charge in [-0.25, -0.2) is 0 Å². The van der Waals surface area contributed by atoms with E-state index in [1.807, 2.05) is 0 Å². The molecule has 3 atom stereocenters. The van der Waals surface area contributed by atoms with Gasteiger partial charge in [-0.05, 0) is 106 Å². The van der Waals surface area contributed by atoms with Crippen molar-refractivity contribution in [2.24, 2.45) is 55.1 Å². The van der Waals surface area contributed by atoms with Crippen LogP contribution < -0.4 is 86.2 Å². The molecule has 0 radical (unpaired) electrons. The fourth-order valence-electron chi connectivity index (χ4n) is 6.78. The van der Waals surface area contributed by atoms with Crippen molar-refractivity contribution < 1.29 is 47.8 Å². The summed E-state index contributed by atoms with van der Waals surface area (Å²) in [6, 6.07) is 9.47. The quantitative estimate of drug-likeness (QED) is 0.0241. The predicted molar refractivity (Wildman–Crippen MR) is 272 cm³/mol. The van der Waals surface area contributed by atoms with E-state index in [9.17, 15) is 33.6 Å². The van der Waals surface area contributed by atoms with E-state index in [0.29, 0.717) is 32.2 Å². The van der Waals surface area contributed by atoms with E-state index in [1.54, 1.807) is 0 Å². The van der Waals surface area contributed by atoms with Crippen LogP contribution in [0.4, 0.5) is 17.1 Å². The molecule has 26 nitrogen and oxygen atoms in total. The first-order valence-corrected chi connectivity index (χ1v) is 22.6. The molecule has 72 heavy (non-hydrogen) atoms. The van der Waals surface area contributed by atoms with Crippen molar-refractivity contribution in [3.63, 3.8) is 0 Å². The maximum absolute atomic E-state index is 14.1. The molecule has 0 aromatic heterocycles. The Kier molecular flexibility index (Phi) is 23.3. The molecule has 7 amide bonds. The lowest BCUT2D eigenvalue weighted by Gasteiger charge is -2.21. The van der Waals surface area contributed by atoms with Crippen LogP contribution in [0.3, 0.4) is 0 Å². The maximum atomic E-state index is 14.1. The molecule has 0 unspecified atom stereocenters. The van der Waals surface area contributed by atoms with Crippen molar-refractivity contribution >= 4 is 76.3 Å². The SMILES string of the molecule is COc1ccc(NC(=O)[C@H](CCCN=C(N)N)NC(=O)c2cc(NC(=O)[C@H](CCCCN=C(N)N)NC(=O)c3cc(NC(=O)[C@H](C)NC(=O)CCCCN=C(N)N)ccc3OC)ccc2OC)cc1C(N)=O. The van der Waals surface area contributed by atoms with Gasteiger partial charge in [0.05, 0.1) is 38.0 Å². The molecule has 20 N–H and O–H groups in total. The van der Waals surface area contributed by atoms with Crippen LogP contribution in [0.5, 0.6) is 17.2 Å². The molecule has 3 aromatic carbocycles. The summed E-state index contributed by atoms with van der Waals surface area (Å²) in [6.45, 7) is 2.25. The number of unbranched alkanes of at least 4 members (excludes halogenated alkanes) is 2. The van der Waals surface area contributed by atoms with Crippen LogP contribution >= 0.6 is 0 Å². The first-order chi connectivity index (χ1) is 34.3. The highest BCUT2D eigenvalue weighted by Gasteiger charge is 2.27. The Morgan fingerprint density at radius 3 is 1.28 bits per heavy atom. The summed E-state index contributed by atoms with van der Waals surface area (Å²) in [5.74, 6) is -4.51. The molecule has 0 saturated carbocycles. The maximum Gasteiger partial charge on any atom is 0.255 e. The lowest BCUT2D eigenvalue weighted by Crippen LogP contribution is -2.44. The number of primary amides is 1. The summed E-state index contributed by atoms with van der Waals surface area (Å²) in [5, 5.41) is 16.2. The number of anilines is 3. The van der Waals surface area contributed by atoms with Crippen molar-refractivity contribution in [3.05, 3.63) is 71.3 Å². The zero-order valence-electron chi connectivity index (χ0n) is 40.7. The zero-order chi connectivity index (χ0) is 53.3. The van der Waals surface area contributed by atoms with Gasteiger partial charge in [-0.2, -0.15) is 0 Å². The smallest absolute Gasteiger partial charge is 0.255 e. The van der Waals surface area contributed by atoms with E-state index in [1.165, 1.54) is 82.9 Å². The molecular formula is C46H66N16O10. The van der Waals surface area contributed by atoms with Crippen LogP contribution in [0.1, 0.15) is 89.4 Å². The van der Waals surface area contributed by atoms with Gasteiger partial charge in [0.15, 0.2) is 17.9 Å². The molecule has 0 spiro atoms. The molecule has 0 fully saturated rings. The second-order valence-electron chi connectivity index (χ2n) is 15.9. The number of ether oxygens (including phenoxy) is 3. The van der Waals surface area contributed by atoms with Gasteiger partial charge in [0.1, 0.15) is 35.4 Å². The molecule has 26 heteroatoms. The Labute approximate surface area is 416 Å². The van der Waals surface area contributed by atoms with Gasteiger partial charge in [-0.3, -0.25) is 48.5 Å². The molecule has 0 heterocycles. The molecule has 0 aliphatic rings. The lowest BCUT2D eigenvalue weighted by molar-refractivity contribution is -0.126. The molecule has 0 aliphatic carbocycles. The van der Waals surface area contributed by atoms with E-state index in [4.69, 9.17) is 54.3 Å². The molecular weight excluding hydrogens is 937 g/mol. The second kappa shape index (κ2) is 29.2. The van der Waals surface area contributed by atoms with Gasteiger partial charge in [0, 0.05) is 43.1 Å². The third kappa shape index (κ3) is 19.3. The van der Waals surface area contributed by atoms with E-state index >= 15 is 0 Å². The van der Waals surface area contributed by atoms with E-state index in [2.05, 4.69) is 46.9 Å². The Hall–Kier alpha value is -8.84. The van der Waals surface area contributed by atoms with Gasteiger partial charge in [0.2, 0.25) is 23.6 Å². The standard InChI is InChI=1S/C46H66N16O10/c1-25(57-37(63)12-6-8-20-55-45(50)51)39(65)58-27-14-17-35(71-3)30(23-27)40(66)61-32(10-5-7-19-54-44(48)49)42(68)60-28-15-18-36(72-4)31(24-28)41(67)62-33(11-9-21-56-46(52)53)43(69)59-26-13-16-34(70-2)29(22-26)38(47)64/h13-18,22-25,32-33H,5-12,19-21H2,1-4H3,(H2,47,64)(H,57,63)(H,58,65)(H,59,69)(H,60,68)(H,61,66)(H,62,67)(H4,48,49,54)(H4,50,51,55)(H4,52,53,56)/t25-,32-,33-/m0/s1. The number of carbonyl (C=O) groups excluding carboxylic acids is 7. The zero-order valence-corrected chi connectivity index (χ0v) is 40.7. The molecule has 0 saturated heterocycles. The molecule has 390 valence electrons. The number of guanidine groups is 3. The van der Waals surface area contributed by atoms with Crippen LogP contribution in [0.2, 0.25) is 0 Å². The fourth-order valence-corrected chi connectivity index (χ4v) is 6.78. The number of carbonyl (C=O) groups is 7. The van der Waals surface area contributed by atoms with Crippen LogP contribution in [0, 0.1) is 0 Å².